The van der Waals surface area contributed by atoms with Gasteiger partial charge < -0.3 is 14.2 Å². The Balaban J connectivity index is 1.37. The predicted molar refractivity (Wildman–Crippen MR) is 178 cm³/mol. The molecule has 0 radical (unpaired) electrons. The Morgan fingerprint density at radius 2 is 1.23 bits per heavy atom. The van der Waals surface area contributed by atoms with Gasteiger partial charge in [-0.05, 0) is 105 Å². The van der Waals surface area contributed by atoms with Crippen molar-refractivity contribution in [2.45, 2.75) is 110 Å². The lowest BCUT2D eigenvalue weighted by molar-refractivity contribution is 0.0734. The largest absolute Gasteiger partial charge is 0.494 e. The molecular formula is C38H51NO4. The molecule has 0 heterocycles. The first kappa shape index (κ1) is 33.9. The van der Waals surface area contributed by atoms with Gasteiger partial charge in [-0.2, -0.15) is 0 Å². The Morgan fingerprint density at radius 1 is 0.674 bits per heavy atom. The summed E-state index contributed by atoms with van der Waals surface area (Å²) in [6, 6.07) is 22.3. The smallest absolute Gasteiger partial charge is 0.343 e. The van der Waals surface area contributed by atoms with E-state index < -0.39 is 5.97 Å². The van der Waals surface area contributed by atoms with Crippen LogP contribution in [0.15, 0.2) is 77.8 Å². The molecule has 3 rings (SSSR count). The fourth-order valence-corrected chi connectivity index (χ4v) is 4.81. The third kappa shape index (κ3) is 13.9. The lowest BCUT2D eigenvalue weighted by atomic mass is 10.1. The lowest BCUT2D eigenvalue weighted by Crippen LogP contribution is -2.11. The molecule has 0 saturated heterocycles. The number of ether oxygens (including phenoxy) is 3. The number of hydrogen-bond donors (Lipinski definition) is 0. The summed E-state index contributed by atoms with van der Waals surface area (Å²) in [5, 5.41) is 0. The molecule has 0 amide bonds. The second-order valence-corrected chi connectivity index (χ2v) is 11.3. The van der Waals surface area contributed by atoms with Crippen molar-refractivity contribution in [1.29, 1.82) is 0 Å². The monoisotopic (exact) mass is 585 g/mol. The third-order valence-electron chi connectivity index (χ3n) is 7.45. The summed E-state index contributed by atoms with van der Waals surface area (Å²) in [7, 11) is 0. The Hall–Kier alpha value is -3.60. The molecule has 3 aromatic rings. The molecule has 0 spiro atoms. The summed E-state index contributed by atoms with van der Waals surface area (Å²) in [5.74, 6) is 1.74. The number of hydrogen-bond acceptors (Lipinski definition) is 5. The van der Waals surface area contributed by atoms with Gasteiger partial charge in [-0.1, -0.05) is 78.1 Å². The van der Waals surface area contributed by atoms with Gasteiger partial charge in [0.15, 0.2) is 0 Å². The van der Waals surface area contributed by atoms with Crippen LogP contribution in [0.2, 0.25) is 0 Å². The zero-order valence-corrected chi connectivity index (χ0v) is 26.6. The van der Waals surface area contributed by atoms with E-state index in [1.807, 2.05) is 48.5 Å². The van der Waals surface area contributed by atoms with E-state index in [4.69, 9.17) is 14.2 Å². The Morgan fingerprint density at radius 3 is 1.88 bits per heavy atom. The van der Waals surface area contributed by atoms with Crippen LogP contribution < -0.4 is 14.2 Å². The van der Waals surface area contributed by atoms with Gasteiger partial charge in [-0.25, -0.2) is 4.79 Å². The van der Waals surface area contributed by atoms with Crippen molar-refractivity contribution in [3.8, 4) is 17.2 Å². The number of aliphatic imine (C=N–C) groups is 1. The standard InChI is InChI=1S/C38H51NO4/c1-4-6-8-10-11-12-13-15-29-41-35-25-19-33(20-26-35)38(40)43-37-23-17-32(18-24-37)30-39-34-21-27-36(28-22-34)42-31(3)16-14-9-7-5-2/h17-28,30-31H,4-16,29H2,1-3H3/t31-/m1/s1. The number of esters is 1. The van der Waals surface area contributed by atoms with E-state index >= 15 is 0 Å². The number of nitrogens with zero attached hydrogens (tertiary/aromatic N) is 1. The maximum Gasteiger partial charge on any atom is 0.343 e. The van der Waals surface area contributed by atoms with E-state index in [1.54, 1.807) is 30.5 Å². The summed E-state index contributed by atoms with van der Waals surface area (Å²) >= 11 is 0. The highest BCUT2D eigenvalue weighted by molar-refractivity contribution is 5.91. The molecular weight excluding hydrogens is 534 g/mol. The van der Waals surface area contributed by atoms with Crippen LogP contribution in [0.25, 0.3) is 0 Å². The average Bonchev–Trinajstić information content (AvgIpc) is 3.03. The number of carbonyl (C=O) groups is 1. The molecule has 5 nitrogen and oxygen atoms in total. The minimum atomic E-state index is -0.395. The molecule has 1 atom stereocenters. The van der Waals surface area contributed by atoms with Crippen molar-refractivity contribution < 1.29 is 19.0 Å². The summed E-state index contributed by atoms with van der Waals surface area (Å²) < 4.78 is 17.4. The van der Waals surface area contributed by atoms with Gasteiger partial charge in [0, 0.05) is 6.21 Å². The van der Waals surface area contributed by atoms with Crippen LogP contribution in [0, 0.1) is 0 Å². The number of unbranched alkanes of at least 4 members (excludes halogenated alkanes) is 10. The maximum absolute atomic E-state index is 12.6. The Kier molecular flexibility index (Phi) is 16.0. The highest BCUT2D eigenvalue weighted by atomic mass is 16.5. The minimum Gasteiger partial charge on any atom is -0.494 e. The summed E-state index contributed by atoms with van der Waals surface area (Å²) in [4.78, 5) is 17.2. The molecule has 0 aliphatic heterocycles. The summed E-state index contributed by atoms with van der Waals surface area (Å²) in [6.07, 6.45) is 18.3. The van der Waals surface area contributed by atoms with Gasteiger partial charge in [-0.3, -0.25) is 4.99 Å². The van der Waals surface area contributed by atoms with Crippen LogP contribution in [-0.4, -0.2) is 24.9 Å². The number of carbonyl (C=O) groups excluding carboxylic acids is 1. The molecule has 0 bridgehead atoms. The Labute approximate surface area is 259 Å². The second-order valence-electron chi connectivity index (χ2n) is 11.3. The zero-order valence-electron chi connectivity index (χ0n) is 26.6. The van der Waals surface area contributed by atoms with Crippen LogP contribution >= 0.6 is 0 Å². The molecule has 232 valence electrons. The van der Waals surface area contributed by atoms with E-state index in [2.05, 4.69) is 25.8 Å². The van der Waals surface area contributed by atoms with Crippen molar-refractivity contribution in [3.05, 3.63) is 83.9 Å². The number of benzene rings is 3. The van der Waals surface area contributed by atoms with E-state index in [-0.39, 0.29) is 6.10 Å². The van der Waals surface area contributed by atoms with Crippen molar-refractivity contribution >= 4 is 17.9 Å². The van der Waals surface area contributed by atoms with E-state index in [0.717, 1.165) is 35.6 Å². The minimum absolute atomic E-state index is 0.210. The van der Waals surface area contributed by atoms with Gasteiger partial charge in [0.1, 0.15) is 17.2 Å². The lowest BCUT2D eigenvalue weighted by Gasteiger charge is -2.14. The van der Waals surface area contributed by atoms with Crippen LogP contribution in [0.4, 0.5) is 5.69 Å². The highest BCUT2D eigenvalue weighted by Crippen LogP contribution is 2.21. The van der Waals surface area contributed by atoms with Gasteiger partial charge in [0.2, 0.25) is 0 Å². The van der Waals surface area contributed by atoms with E-state index in [0.29, 0.717) is 17.9 Å². The molecule has 3 aromatic carbocycles. The van der Waals surface area contributed by atoms with E-state index in [1.165, 1.54) is 70.6 Å². The molecule has 0 aliphatic carbocycles. The highest BCUT2D eigenvalue weighted by Gasteiger charge is 2.09. The molecule has 0 fully saturated rings. The quantitative estimate of drug-likeness (QED) is 0.0540. The van der Waals surface area contributed by atoms with Gasteiger partial charge in [0.05, 0.1) is 24.0 Å². The normalized spacial score (nSPS) is 11.9. The molecule has 0 saturated carbocycles. The zero-order chi connectivity index (χ0) is 30.5. The van der Waals surface area contributed by atoms with Gasteiger partial charge in [-0.15, -0.1) is 0 Å². The summed E-state index contributed by atoms with van der Waals surface area (Å²) in [5.41, 5.74) is 2.26. The van der Waals surface area contributed by atoms with Crippen molar-refractivity contribution in [2.75, 3.05) is 6.61 Å². The first-order valence-electron chi connectivity index (χ1n) is 16.4. The van der Waals surface area contributed by atoms with Crippen LogP contribution in [0.3, 0.4) is 0 Å². The van der Waals surface area contributed by atoms with Crippen LogP contribution in [0.5, 0.6) is 17.2 Å². The van der Waals surface area contributed by atoms with Gasteiger partial charge >= 0.3 is 5.97 Å². The molecule has 0 unspecified atom stereocenters. The molecule has 5 heteroatoms. The van der Waals surface area contributed by atoms with Crippen LogP contribution in [-0.2, 0) is 0 Å². The second kappa shape index (κ2) is 20.3. The molecule has 0 aliphatic rings. The third-order valence-corrected chi connectivity index (χ3v) is 7.45. The molecule has 0 N–H and O–H groups in total. The molecule has 43 heavy (non-hydrogen) atoms. The summed E-state index contributed by atoms with van der Waals surface area (Å²) in [6.45, 7) is 7.31. The fourth-order valence-electron chi connectivity index (χ4n) is 4.81. The first-order valence-corrected chi connectivity index (χ1v) is 16.4. The fraction of sp³-hybridized carbons (Fsp3) is 0.474. The average molecular weight is 586 g/mol. The van der Waals surface area contributed by atoms with Crippen LogP contribution in [0.1, 0.15) is 120 Å². The SMILES string of the molecule is CCCCCCCCCCOc1ccc(C(=O)Oc2ccc(C=Nc3ccc(O[C@H](C)CCCCCC)cc3)cc2)cc1. The van der Waals surface area contributed by atoms with E-state index in [9.17, 15) is 4.79 Å². The molecule has 0 aromatic heterocycles. The maximum atomic E-state index is 12.6. The van der Waals surface area contributed by atoms with Crippen molar-refractivity contribution in [2.24, 2.45) is 4.99 Å². The van der Waals surface area contributed by atoms with Crippen molar-refractivity contribution in [1.82, 2.24) is 0 Å². The number of rotatable bonds is 21. The Bertz CT molecular complexity index is 1190. The first-order chi connectivity index (χ1) is 21.1. The van der Waals surface area contributed by atoms with Crippen molar-refractivity contribution in [3.63, 3.8) is 0 Å². The topological polar surface area (TPSA) is 57.1 Å². The predicted octanol–water partition coefficient (Wildman–Crippen LogP) is 10.9. The van der Waals surface area contributed by atoms with Gasteiger partial charge in [0.25, 0.3) is 0 Å².